The maximum absolute atomic E-state index is 12.0. The van der Waals surface area contributed by atoms with Crippen LogP contribution in [0.15, 0.2) is 49.1 Å². The predicted octanol–water partition coefficient (Wildman–Crippen LogP) is 2.30. The first-order valence-electron chi connectivity index (χ1n) is 7.66. The summed E-state index contributed by atoms with van der Waals surface area (Å²) in [7, 11) is 1.61. The number of urea groups is 1. The number of aromatic nitrogens is 4. The summed E-state index contributed by atoms with van der Waals surface area (Å²) in [5.74, 6) is 2.62. The second kappa shape index (κ2) is 7.43. The van der Waals surface area contributed by atoms with Crippen LogP contribution in [0.5, 0.6) is 5.75 Å². The van der Waals surface area contributed by atoms with Gasteiger partial charge in [-0.1, -0.05) is 12.1 Å². The number of carbonyl (C=O) groups is 1. The Morgan fingerprint density at radius 3 is 2.68 bits per heavy atom. The third kappa shape index (κ3) is 4.11. The average molecular weight is 338 g/mol. The maximum Gasteiger partial charge on any atom is 0.320 e. The molecule has 3 rings (SSSR count). The quantitative estimate of drug-likeness (QED) is 0.744. The summed E-state index contributed by atoms with van der Waals surface area (Å²) < 4.78 is 6.91. The highest BCUT2D eigenvalue weighted by molar-refractivity contribution is 5.88. The highest BCUT2D eigenvalue weighted by Crippen LogP contribution is 2.12. The molecule has 1 aromatic carbocycles. The Morgan fingerprint density at radius 1 is 1.20 bits per heavy atom. The Morgan fingerprint density at radius 2 is 2.00 bits per heavy atom. The molecule has 3 aromatic rings. The number of rotatable bonds is 5. The molecule has 8 nitrogen and oxygen atoms in total. The zero-order valence-electron chi connectivity index (χ0n) is 13.9. The molecule has 0 aliphatic carbocycles. The minimum Gasteiger partial charge on any atom is -0.497 e. The van der Waals surface area contributed by atoms with E-state index in [1.54, 1.807) is 25.6 Å². The van der Waals surface area contributed by atoms with Crippen molar-refractivity contribution in [3.05, 3.63) is 60.4 Å². The summed E-state index contributed by atoms with van der Waals surface area (Å²) in [5, 5.41) is 5.48. The van der Waals surface area contributed by atoms with Crippen LogP contribution in [0, 0.1) is 6.92 Å². The fourth-order valence-electron chi connectivity index (χ4n) is 2.25. The van der Waals surface area contributed by atoms with Crippen LogP contribution >= 0.6 is 0 Å². The molecule has 0 aliphatic heterocycles. The molecule has 0 bridgehead atoms. The molecule has 2 N–H and O–H groups in total. The van der Waals surface area contributed by atoms with Crippen LogP contribution < -0.4 is 15.4 Å². The van der Waals surface area contributed by atoms with Crippen molar-refractivity contribution in [1.82, 2.24) is 24.8 Å². The van der Waals surface area contributed by atoms with E-state index in [4.69, 9.17) is 4.74 Å². The molecule has 2 amide bonds. The van der Waals surface area contributed by atoms with Gasteiger partial charge in [0.2, 0.25) is 0 Å². The summed E-state index contributed by atoms with van der Waals surface area (Å²) >= 11 is 0. The molecule has 0 atom stereocenters. The molecular weight excluding hydrogens is 320 g/mol. The molecule has 0 aliphatic rings. The van der Waals surface area contributed by atoms with E-state index in [0.717, 1.165) is 17.1 Å². The molecule has 2 heterocycles. The molecule has 0 fully saturated rings. The first-order chi connectivity index (χ1) is 12.2. The maximum atomic E-state index is 12.0. The number of methoxy groups -OCH3 is 1. The lowest BCUT2D eigenvalue weighted by Crippen LogP contribution is -2.28. The third-order valence-corrected chi connectivity index (χ3v) is 3.58. The van der Waals surface area contributed by atoms with Gasteiger partial charge in [-0.3, -0.25) is 9.88 Å². The van der Waals surface area contributed by atoms with Gasteiger partial charge in [-0.25, -0.2) is 19.7 Å². The fourth-order valence-corrected chi connectivity index (χ4v) is 2.25. The van der Waals surface area contributed by atoms with Crippen LogP contribution in [-0.2, 0) is 6.54 Å². The van der Waals surface area contributed by atoms with E-state index >= 15 is 0 Å². The van der Waals surface area contributed by atoms with Crippen LogP contribution in [0.4, 0.5) is 10.6 Å². The average Bonchev–Trinajstić information content (AvgIpc) is 3.06. The number of imidazole rings is 1. The minimum atomic E-state index is -0.345. The van der Waals surface area contributed by atoms with E-state index in [2.05, 4.69) is 25.6 Å². The molecule has 0 spiro atoms. The smallest absolute Gasteiger partial charge is 0.320 e. The standard InChI is InChI=1S/C17H18N6O2/c1-12-18-7-8-23(12)16-9-15(20-11-21-16)22-17(24)19-10-13-3-5-14(25-2)6-4-13/h3-9,11H,10H2,1-2H3,(H2,19,20,21,22,24). The highest BCUT2D eigenvalue weighted by atomic mass is 16.5. The first-order valence-corrected chi connectivity index (χ1v) is 7.66. The number of nitrogens with zero attached hydrogens (tertiary/aromatic N) is 4. The lowest BCUT2D eigenvalue weighted by molar-refractivity contribution is 0.251. The van der Waals surface area contributed by atoms with Crippen molar-refractivity contribution in [1.29, 1.82) is 0 Å². The first kappa shape index (κ1) is 16.4. The molecule has 0 radical (unpaired) electrons. The summed E-state index contributed by atoms with van der Waals surface area (Å²) in [6.45, 7) is 2.27. The SMILES string of the molecule is COc1ccc(CNC(=O)Nc2cc(-n3ccnc3C)ncn2)cc1. The lowest BCUT2D eigenvalue weighted by Gasteiger charge is -2.09. The Kier molecular flexibility index (Phi) is 4.89. The molecule has 2 aromatic heterocycles. The van der Waals surface area contributed by atoms with Gasteiger partial charge in [-0.05, 0) is 24.6 Å². The Labute approximate surface area is 144 Å². The second-order valence-electron chi connectivity index (χ2n) is 5.26. The Bertz CT molecular complexity index is 860. The van der Waals surface area contributed by atoms with Gasteiger partial charge in [-0.15, -0.1) is 0 Å². The molecule has 0 saturated heterocycles. The van der Waals surface area contributed by atoms with Crippen molar-refractivity contribution in [3.8, 4) is 11.6 Å². The molecular formula is C17H18N6O2. The molecule has 128 valence electrons. The van der Waals surface area contributed by atoms with Crippen molar-refractivity contribution < 1.29 is 9.53 Å². The van der Waals surface area contributed by atoms with E-state index in [0.29, 0.717) is 18.2 Å². The van der Waals surface area contributed by atoms with Gasteiger partial charge < -0.3 is 10.1 Å². The monoisotopic (exact) mass is 338 g/mol. The van der Waals surface area contributed by atoms with Gasteiger partial charge in [0.05, 0.1) is 7.11 Å². The second-order valence-corrected chi connectivity index (χ2v) is 5.26. The van der Waals surface area contributed by atoms with Gasteiger partial charge in [0.15, 0.2) is 0 Å². The summed E-state index contributed by atoms with van der Waals surface area (Å²) in [5.41, 5.74) is 0.966. The predicted molar refractivity (Wildman–Crippen MR) is 92.7 cm³/mol. The Balaban J connectivity index is 1.60. The summed E-state index contributed by atoms with van der Waals surface area (Å²) in [6.07, 6.45) is 4.88. The topological polar surface area (TPSA) is 94.0 Å². The number of anilines is 1. The van der Waals surface area contributed by atoms with Crippen LogP contribution in [0.2, 0.25) is 0 Å². The van der Waals surface area contributed by atoms with Crippen molar-refractivity contribution in [2.75, 3.05) is 12.4 Å². The number of ether oxygens (including phenoxy) is 1. The van der Waals surface area contributed by atoms with Gasteiger partial charge in [0.25, 0.3) is 0 Å². The normalized spacial score (nSPS) is 10.3. The largest absolute Gasteiger partial charge is 0.497 e. The van der Waals surface area contributed by atoms with Gasteiger partial charge in [-0.2, -0.15) is 0 Å². The van der Waals surface area contributed by atoms with Crippen LogP contribution in [-0.4, -0.2) is 32.7 Å². The Hall–Kier alpha value is -3.42. The number of nitrogens with one attached hydrogen (secondary N) is 2. The molecule has 0 saturated carbocycles. The summed E-state index contributed by atoms with van der Waals surface area (Å²) in [4.78, 5) is 24.5. The van der Waals surface area contributed by atoms with Crippen LogP contribution in [0.25, 0.3) is 5.82 Å². The number of benzene rings is 1. The van der Waals surface area contributed by atoms with Crippen LogP contribution in [0.1, 0.15) is 11.4 Å². The van der Waals surface area contributed by atoms with Crippen molar-refractivity contribution in [2.24, 2.45) is 0 Å². The van der Waals surface area contributed by atoms with Crippen molar-refractivity contribution >= 4 is 11.8 Å². The highest BCUT2D eigenvalue weighted by Gasteiger charge is 2.07. The van der Waals surface area contributed by atoms with Gasteiger partial charge in [0.1, 0.15) is 29.5 Å². The van der Waals surface area contributed by atoms with E-state index in [1.807, 2.05) is 35.8 Å². The lowest BCUT2D eigenvalue weighted by atomic mass is 10.2. The number of hydrogen-bond donors (Lipinski definition) is 2. The van der Waals surface area contributed by atoms with Gasteiger partial charge in [0, 0.05) is 25.0 Å². The van der Waals surface area contributed by atoms with E-state index in [1.165, 1.54) is 6.33 Å². The number of aryl methyl sites for hydroxylation is 1. The zero-order valence-corrected chi connectivity index (χ0v) is 13.9. The fraction of sp³-hybridized carbons (Fsp3) is 0.176. The number of hydrogen-bond acceptors (Lipinski definition) is 5. The van der Waals surface area contributed by atoms with Crippen LogP contribution in [0.3, 0.4) is 0 Å². The molecule has 25 heavy (non-hydrogen) atoms. The van der Waals surface area contributed by atoms with Crippen molar-refractivity contribution in [3.63, 3.8) is 0 Å². The van der Waals surface area contributed by atoms with Crippen molar-refractivity contribution in [2.45, 2.75) is 13.5 Å². The molecule has 0 unspecified atom stereocenters. The molecule has 8 heteroatoms. The van der Waals surface area contributed by atoms with E-state index in [9.17, 15) is 4.79 Å². The minimum absolute atomic E-state index is 0.345. The zero-order chi connectivity index (χ0) is 17.6. The number of amides is 2. The number of carbonyl (C=O) groups excluding carboxylic acids is 1. The van der Waals surface area contributed by atoms with Gasteiger partial charge >= 0.3 is 6.03 Å². The summed E-state index contributed by atoms with van der Waals surface area (Å²) in [6, 6.07) is 8.82. The van der Waals surface area contributed by atoms with E-state index in [-0.39, 0.29) is 6.03 Å². The van der Waals surface area contributed by atoms with E-state index < -0.39 is 0 Å². The third-order valence-electron chi connectivity index (χ3n) is 3.58.